The average molecular weight is 332 g/mol. The maximum atomic E-state index is 11.9. The number of hydrogen-bond donors (Lipinski definition) is 1. The maximum absolute atomic E-state index is 11.9. The lowest BCUT2D eigenvalue weighted by Crippen LogP contribution is -2.23. The molecule has 2 aromatic heterocycles. The molecule has 0 spiro atoms. The molecule has 0 saturated carbocycles. The van der Waals surface area contributed by atoms with Gasteiger partial charge in [-0.1, -0.05) is 11.6 Å². The Hall–Kier alpha value is -0.910. The molecule has 0 unspecified atom stereocenters. The maximum Gasteiger partial charge on any atom is 0.254 e. The Morgan fingerprint density at radius 1 is 1.59 bits per heavy atom. The normalized spacial score (nSPS) is 10.2. The molecule has 2 heterocycles. The monoisotopic (exact) mass is 330 g/mol. The minimum Gasteiger partial charge on any atom is -0.348 e. The molecule has 17 heavy (non-hydrogen) atoms. The summed E-state index contributed by atoms with van der Waals surface area (Å²) in [6.07, 6.45) is 1.55. The molecule has 2 rings (SSSR count). The zero-order valence-corrected chi connectivity index (χ0v) is 11.8. The van der Waals surface area contributed by atoms with Crippen LogP contribution in [0.15, 0.2) is 33.6 Å². The first-order chi connectivity index (χ1) is 8.16. The quantitative estimate of drug-likeness (QED) is 0.875. The fourth-order valence-electron chi connectivity index (χ4n) is 1.25. The molecule has 0 aliphatic carbocycles. The number of nitrogens with one attached hydrogen (secondary N) is 1. The van der Waals surface area contributed by atoms with Crippen molar-refractivity contribution in [2.45, 2.75) is 6.54 Å². The minimum atomic E-state index is -0.227. The first kappa shape index (κ1) is 12.5. The van der Waals surface area contributed by atoms with E-state index in [2.05, 4.69) is 26.2 Å². The number of aromatic nitrogens is 1. The van der Waals surface area contributed by atoms with Gasteiger partial charge in [-0.05, 0) is 44.4 Å². The van der Waals surface area contributed by atoms with Crippen molar-refractivity contribution in [2.24, 2.45) is 0 Å². The Kier molecular flexibility index (Phi) is 4.15. The SMILES string of the molecule is O=C(NCc1ccsc1)c1cc(Br)cnc1Cl. The predicted molar refractivity (Wildman–Crippen MR) is 72.4 cm³/mol. The van der Waals surface area contributed by atoms with Crippen LogP contribution in [0.25, 0.3) is 0 Å². The lowest BCUT2D eigenvalue weighted by molar-refractivity contribution is 0.0950. The number of carbonyl (C=O) groups excluding carboxylic acids is 1. The number of rotatable bonds is 3. The zero-order chi connectivity index (χ0) is 12.3. The molecule has 6 heteroatoms. The molecule has 3 nitrogen and oxygen atoms in total. The van der Waals surface area contributed by atoms with Crippen molar-refractivity contribution < 1.29 is 4.79 Å². The number of amides is 1. The van der Waals surface area contributed by atoms with Crippen molar-refractivity contribution in [1.29, 1.82) is 0 Å². The van der Waals surface area contributed by atoms with Crippen LogP contribution in [0.5, 0.6) is 0 Å². The fraction of sp³-hybridized carbons (Fsp3) is 0.0909. The molecule has 1 amide bonds. The highest BCUT2D eigenvalue weighted by Gasteiger charge is 2.11. The standard InChI is InChI=1S/C11H8BrClN2OS/c12-8-3-9(10(13)14-5-8)11(16)15-4-7-1-2-17-6-7/h1-3,5-6H,4H2,(H,15,16). The van der Waals surface area contributed by atoms with E-state index in [0.717, 1.165) is 10.0 Å². The number of thiophene rings is 1. The van der Waals surface area contributed by atoms with Gasteiger partial charge in [0.15, 0.2) is 0 Å². The molecule has 0 aliphatic rings. The molecule has 1 N–H and O–H groups in total. The van der Waals surface area contributed by atoms with Gasteiger partial charge in [-0.15, -0.1) is 0 Å². The van der Waals surface area contributed by atoms with E-state index in [1.807, 2.05) is 16.8 Å². The highest BCUT2D eigenvalue weighted by molar-refractivity contribution is 9.10. The van der Waals surface area contributed by atoms with Gasteiger partial charge >= 0.3 is 0 Å². The predicted octanol–water partition coefficient (Wildman–Crippen LogP) is 3.49. The molecule has 88 valence electrons. The first-order valence-electron chi connectivity index (χ1n) is 4.77. The third kappa shape index (κ3) is 3.28. The number of nitrogens with zero attached hydrogens (tertiary/aromatic N) is 1. The number of carbonyl (C=O) groups is 1. The summed E-state index contributed by atoms with van der Waals surface area (Å²) in [5.41, 5.74) is 1.44. The van der Waals surface area contributed by atoms with Crippen LogP contribution in [0.4, 0.5) is 0 Å². The topological polar surface area (TPSA) is 42.0 Å². The van der Waals surface area contributed by atoms with E-state index in [0.29, 0.717) is 12.1 Å². The molecule has 0 bridgehead atoms. The summed E-state index contributed by atoms with van der Waals surface area (Å²) in [5.74, 6) is -0.227. The summed E-state index contributed by atoms with van der Waals surface area (Å²) < 4.78 is 0.725. The number of pyridine rings is 1. The van der Waals surface area contributed by atoms with E-state index in [1.165, 1.54) is 0 Å². The van der Waals surface area contributed by atoms with Gasteiger partial charge in [-0.3, -0.25) is 4.79 Å². The second-order valence-electron chi connectivity index (χ2n) is 3.31. The van der Waals surface area contributed by atoms with Crippen molar-refractivity contribution in [3.05, 3.63) is 49.8 Å². The third-order valence-corrected chi connectivity index (χ3v) is 3.55. The molecule has 2 aromatic rings. The Morgan fingerprint density at radius 3 is 3.12 bits per heavy atom. The summed E-state index contributed by atoms with van der Waals surface area (Å²) in [4.78, 5) is 15.8. The van der Waals surface area contributed by atoms with Gasteiger partial charge in [0.2, 0.25) is 0 Å². The second-order valence-corrected chi connectivity index (χ2v) is 5.36. The molecule has 0 saturated heterocycles. The minimum absolute atomic E-state index is 0.205. The van der Waals surface area contributed by atoms with Crippen molar-refractivity contribution in [3.63, 3.8) is 0 Å². The lowest BCUT2D eigenvalue weighted by atomic mass is 10.2. The summed E-state index contributed by atoms with van der Waals surface area (Å²) in [5, 5.41) is 6.95. The molecule has 0 radical (unpaired) electrons. The van der Waals surface area contributed by atoms with E-state index < -0.39 is 0 Å². The Morgan fingerprint density at radius 2 is 2.41 bits per heavy atom. The van der Waals surface area contributed by atoms with Crippen LogP contribution in [0.3, 0.4) is 0 Å². The molecular weight excluding hydrogens is 324 g/mol. The Labute approximate surface area is 116 Å². The van der Waals surface area contributed by atoms with Gasteiger partial charge in [0, 0.05) is 17.2 Å². The largest absolute Gasteiger partial charge is 0.348 e. The van der Waals surface area contributed by atoms with Gasteiger partial charge in [-0.2, -0.15) is 11.3 Å². The van der Waals surface area contributed by atoms with Crippen molar-refractivity contribution in [3.8, 4) is 0 Å². The highest BCUT2D eigenvalue weighted by Crippen LogP contribution is 2.18. The van der Waals surface area contributed by atoms with Crippen molar-refractivity contribution >= 4 is 44.8 Å². The molecule has 0 fully saturated rings. The number of halogens is 2. The van der Waals surface area contributed by atoms with E-state index in [4.69, 9.17) is 11.6 Å². The molecule has 0 aromatic carbocycles. The Balaban J connectivity index is 2.07. The smallest absolute Gasteiger partial charge is 0.254 e. The van der Waals surface area contributed by atoms with Crippen LogP contribution >= 0.6 is 38.9 Å². The molecule has 0 aliphatic heterocycles. The van der Waals surface area contributed by atoms with Crippen LogP contribution in [-0.2, 0) is 6.54 Å². The highest BCUT2D eigenvalue weighted by atomic mass is 79.9. The van der Waals surface area contributed by atoms with Crippen LogP contribution in [0.1, 0.15) is 15.9 Å². The van der Waals surface area contributed by atoms with Gasteiger partial charge < -0.3 is 5.32 Å². The van der Waals surface area contributed by atoms with E-state index in [-0.39, 0.29) is 11.1 Å². The van der Waals surface area contributed by atoms with Crippen LogP contribution in [0, 0.1) is 0 Å². The molecular formula is C11H8BrClN2OS. The first-order valence-corrected chi connectivity index (χ1v) is 6.88. The fourth-order valence-corrected chi connectivity index (χ4v) is 2.44. The van der Waals surface area contributed by atoms with Gasteiger partial charge in [0.25, 0.3) is 5.91 Å². The second kappa shape index (κ2) is 5.62. The Bertz CT molecular complexity index is 530. The van der Waals surface area contributed by atoms with E-state index in [1.54, 1.807) is 23.6 Å². The molecule has 0 atom stereocenters. The van der Waals surface area contributed by atoms with Gasteiger partial charge in [-0.25, -0.2) is 4.98 Å². The summed E-state index contributed by atoms with van der Waals surface area (Å²) in [6, 6.07) is 3.62. The van der Waals surface area contributed by atoms with Gasteiger partial charge in [0.05, 0.1) is 5.56 Å². The summed E-state index contributed by atoms with van der Waals surface area (Å²) in [7, 11) is 0. The third-order valence-electron chi connectivity index (χ3n) is 2.08. The summed E-state index contributed by atoms with van der Waals surface area (Å²) >= 11 is 10.7. The average Bonchev–Trinajstić information content (AvgIpc) is 2.82. The lowest BCUT2D eigenvalue weighted by Gasteiger charge is -2.05. The van der Waals surface area contributed by atoms with Crippen molar-refractivity contribution in [1.82, 2.24) is 10.3 Å². The van der Waals surface area contributed by atoms with Crippen molar-refractivity contribution in [2.75, 3.05) is 0 Å². The van der Waals surface area contributed by atoms with E-state index >= 15 is 0 Å². The summed E-state index contributed by atoms with van der Waals surface area (Å²) in [6.45, 7) is 0.491. The number of hydrogen-bond acceptors (Lipinski definition) is 3. The van der Waals surface area contributed by atoms with Gasteiger partial charge in [0.1, 0.15) is 5.15 Å². The van der Waals surface area contributed by atoms with Crippen LogP contribution in [-0.4, -0.2) is 10.9 Å². The zero-order valence-electron chi connectivity index (χ0n) is 8.61. The van der Waals surface area contributed by atoms with Crippen LogP contribution in [0.2, 0.25) is 5.15 Å². The van der Waals surface area contributed by atoms with E-state index in [9.17, 15) is 4.79 Å². The van der Waals surface area contributed by atoms with Crippen LogP contribution < -0.4 is 5.32 Å².